The van der Waals surface area contributed by atoms with E-state index in [1.165, 1.54) is 0 Å². The Labute approximate surface area is 141 Å². The van der Waals surface area contributed by atoms with Gasteiger partial charge in [-0.25, -0.2) is 4.98 Å². The van der Waals surface area contributed by atoms with Crippen molar-refractivity contribution in [3.05, 3.63) is 24.6 Å². The largest absolute Gasteiger partial charge is 0.464 e. The average molecular weight is 328 g/mol. The maximum atomic E-state index is 12.2. The van der Waals surface area contributed by atoms with E-state index in [-0.39, 0.29) is 11.9 Å². The summed E-state index contributed by atoms with van der Waals surface area (Å²) in [5.74, 6) is 1.61. The first kappa shape index (κ1) is 15.4. The van der Waals surface area contributed by atoms with Gasteiger partial charge in [0, 0.05) is 25.8 Å². The number of nitrogens with one attached hydrogen (secondary N) is 2. The van der Waals surface area contributed by atoms with Crippen LogP contribution in [0.15, 0.2) is 29.0 Å². The van der Waals surface area contributed by atoms with Gasteiger partial charge in [-0.1, -0.05) is 0 Å². The van der Waals surface area contributed by atoms with Crippen LogP contribution in [0.1, 0.15) is 25.7 Å². The zero-order valence-electron chi connectivity index (χ0n) is 13.8. The van der Waals surface area contributed by atoms with Crippen LogP contribution in [-0.4, -0.2) is 43.1 Å². The first-order valence-corrected chi connectivity index (χ1v) is 8.89. The Balaban J connectivity index is 1.38. The van der Waals surface area contributed by atoms with Crippen LogP contribution in [0.3, 0.4) is 0 Å². The van der Waals surface area contributed by atoms with Crippen molar-refractivity contribution in [2.45, 2.75) is 31.7 Å². The summed E-state index contributed by atoms with van der Waals surface area (Å²) in [7, 11) is 0. The van der Waals surface area contributed by atoms with Gasteiger partial charge in [-0.05, 0) is 50.3 Å². The summed E-state index contributed by atoms with van der Waals surface area (Å²) >= 11 is 0. The fourth-order valence-corrected chi connectivity index (χ4v) is 3.83. The number of fused-ring (bicyclic) bond motifs is 1. The number of anilines is 1. The number of piperidine rings is 1. The molecule has 2 fully saturated rings. The first-order chi connectivity index (χ1) is 11.8. The third kappa shape index (κ3) is 3.11. The standard InChI is InChI=1S/C18H24N4O2/c23-18(15-4-1-7-19-15)21-11-13-3-2-9-22(12-13)17-14-6-10-24-16(14)5-8-20-17/h5-6,8,10,13,15,19H,1-4,7,9,11-12H2,(H,21,23). The van der Waals surface area contributed by atoms with Crippen LogP contribution < -0.4 is 15.5 Å². The maximum Gasteiger partial charge on any atom is 0.237 e. The van der Waals surface area contributed by atoms with Crippen LogP contribution in [0.5, 0.6) is 0 Å². The molecule has 2 aliphatic rings. The third-order valence-electron chi connectivity index (χ3n) is 5.12. The Hall–Kier alpha value is -2.08. The highest BCUT2D eigenvalue weighted by atomic mass is 16.3. The van der Waals surface area contributed by atoms with E-state index in [2.05, 4.69) is 20.5 Å². The van der Waals surface area contributed by atoms with Gasteiger partial charge in [0.25, 0.3) is 0 Å². The number of aromatic nitrogens is 1. The second-order valence-electron chi connectivity index (χ2n) is 6.82. The molecule has 2 atom stereocenters. The molecular formula is C18H24N4O2. The highest BCUT2D eigenvalue weighted by Crippen LogP contribution is 2.28. The number of hydrogen-bond donors (Lipinski definition) is 2. The fraction of sp³-hybridized carbons (Fsp3) is 0.556. The average Bonchev–Trinajstić information content (AvgIpc) is 3.30. The highest BCUT2D eigenvalue weighted by molar-refractivity contribution is 5.88. The van der Waals surface area contributed by atoms with Gasteiger partial charge in [0.1, 0.15) is 11.4 Å². The minimum atomic E-state index is 0.00559. The number of rotatable bonds is 4. The van der Waals surface area contributed by atoms with Gasteiger partial charge in [-0.3, -0.25) is 4.79 Å². The normalized spacial score (nSPS) is 24.4. The van der Waals surface area contributed by atoms with Crippen LogP contribution in [-0.2, 0) is 4.79 Å². The lowest BCUT2D eigenvalue weighted by Crippen LogP contribution is -2.45. The van der Waals surface area contributed by atoms with E-state index in [1.54, 1.807) is 12.5 Å². The predicted octanol–water partition coefficient (Wildman–Crippen LogP) is 1.91. The molecule has 2 aromatic heterocycles. The van der Waals surface area contributed by atoms with Crippen molar-refractivity contribution < 1.29 is 9.21 Å². The molecule has 4 rings (SSSR count). The smallest absolute Gasteiger partial charge is 0.237 e. The van der Waals surface area contributed by atoms with Crippen molar-refractivity contribution in [2.75, 3.05) is 31.1 Å². The summed E-state index contributed by atoms with van der Waals surface area (Å²) in [6.07, 6.45) is 7.84. The molecule has 0 aromatic carbocycles. The number of amides is 1. The lowest BCUT2D eigenvalue weighted by atomic mass is 9.97. The Bertz CT molecular complexity index is 708. The molecule has 6 nitrogen and oxygen atoms in total. The summed E-state index contributed by atoms with van der Waals surface area (Å²) in [6, 6.07) is 3.88. The van der Waals surface area contributed by atoms with E-state index in [0.717, 1.165) is 68.6 Å². The zero-order chi connectivity index (χ0) is 16.4. The molecule has 0 spiro atoms. The Morgan fingerprint density at radius 2 is 2.33 bits per heavy atom. The van der Waals surface area contributed by atoms with Crippen molar-refractivity contribution in [2.24, 2.45) is 5.92 Å². The van der Waals surface area contributed by atoms with E-state index >= 15 is 0 Å². The van der Waals surface area contributed by atoms with Gasteiger partial charge >= 0.3 is 0 Å². The molecule has 0 bridgehead atoms. The lowest BCUT2D eigenvalue weighted by Gasteiger charge is -2.34. The van der Waals surface area contributed by atoms with Crippen molar-refractivity contribution in [3.8, 4) is 0 Å². The molecular weight excluding hydrogens is 304 g/mol. The molecule has 0 aliphatic carbocycles. The molecule has 2 unspecified atom stereocenters. The first-order valence-electron chi connectivity index (χ1n) is 8.89. The second kappa shape index (κ2) is 6.81. The Kier molecular flexibility index (Phi) is 4.38. The molecule has 2 N–H and O–H groups in total. The number of carbonyl (C=O) groups excluding carboxylic acids is 1. The summed E-state index contributed by atoms with van der Waals surface area (Å²) in [4.78, 5) is 19.1. The topological polar surface area (TPSA) is 70.4 Å². The van der Waals surface area contributed by atoms with Crippen molar-refractivity contribution in [1.29, 1.82) is 0 Å². The SMILES string of the molecule is O=C(NCC1CCCN(c2nccc3occc23)C1)C1CCCN1. The number of furan rings is 1. The van der Waals surface area contributed by atoms with Crippen LogP contribution in [0.4, 0.5) is 5.82 Å². The minimum absolute atomic E-state index is 0.00559. The molecule has 2 aromatic rings. The molecule has 24 heavy (non-hydrogen) atoms. The maximum absolute atomic E-state index is 12.2. The van der Waals surface area contributed by atoms with Crippen molar-refractivity contribution in [3.63, 3.8) is 0 Å². The summed E-state index contributed by atoms with van der Waals surface area (Å²) in [5.41, 5.74) is 0.878. The highest BCUT2D eigenvalue weighted by Gasteiger charge is 2.25. The fourth-order valence-electron chi connectivity index (χ4n) is 3.83. The van der Waals surface area contributed by atoms with Gasteiger partial charge in [-0.15, -0.1) is 0 Å². The van der Waals surface area contributed by atoms with E-state index in [9.17, 15) is 4.79 Å². The summed E-state index contributed by atoms with van der Waals surface area (Å²) < 4.78 is 5.48. The molecule has 0 saturated carbocycles. The van der Waals surface area contributed by atoms with Gasteiger partial charge in [0.2, 0.25) is 5.91 Å². The summed E-state index contributed by atoms with van der Waals surface area (Å²) in [5, 5.41) is 7.45. The van der Waals surface area contributed by atoms with Gasteiger partial charge in [-0.2, -0.15) is 0 Å². The molecule has 128 valence electrons. The number of hydrogen-bond acceptors (Lipinski definition) is 5. The molecule has 4 heterocycles. The van der Waals surface area contributed by atoms with Crippen molar-refractivity contribution >= 4 is 22.7 Å². The number of pyridine rings is 1. The molecule has 1 amide bonds. The van der Waals surface area contributed by atoms with E-state index in [0.29, 0.717) is 5.92 Å². The van der Waals surface area contributed by atoms with Crippen LogP contribution >= 0.6 is 0 Å². The quantitative estimate of drug-likeness (QED) is 0.897. The predicted molar refractivity (Wildman–Crippen MR) is 93.0 cm³/mol. The summed E-state index contributed by atoms with van der Waals surface area (Å²) in [6.45, 7) is 3.63. The second-order valence-corrected chi connectivity index (χ2v) is 6.82. The van der Waals surface area contributed by atoms with Gasteiger partial charge < -0.3 is 20.0 Å². The Morgan fingerprint density at radius 3 is 3.21 bits per heavy atom. The zero-order valence-corrected chi connectivity index (χ0v) is 13.8. The monoisotopic (exact) mass is 328 g/mol. The lowest BCUT2D eigenvalue weighted by molar-refractivity contribution is -0.122. The molecule has 0 radical (unpaired) electrons. The number of nitrogens with zero attached hydrogens (tertiary/aromatic N) is 2. The van der Waals surface area contributed by atoms with E-state index < -0.39 is 0 Å². The number of carbonyl (C=O) groups is 1. The van der Waals surface area contributed by atoms with Crippen LogP contribution in [0, 0.1) is 5.92 Å². The van der Waals surface area contributed by atoms with Crippen LogP contribution in [0.25, 0.3) is 11.0 Å². The van der Waals surface area contributed by atoms with Gasteiger partial charge in [0.15, 0.2) is 0 Å². The van der Waals surface area contributed by atoms with E-state index in [4.69, 9.17) is 4.42 Å². The Morgan fingerprint density at radius 1 is 1.38 bits per heavy atom. The van der Waals surface area contributed by atoms with Gasteiger partial charge in [0.05, 0.1) is 17.7 Å². The minimum Gasteiger partial charge on any atom is -0.464 e. The van der Waals surface area contributed by atoms with E-state index in [1.807, 2.05) is 12.1 Å². The van der Waals surface area contributed by atoms with Crippen molar-refractivity contribution in [1.82, 2.24) is 15.6 Å². The molecule has 2 aliphatic heterocycles. The molecule has 2 saturated heterocycles. The van der Waals surface area contributed by atoms with Crippen LogP contribution in [0.2, 0.25) is 0 Å². The third-order valence-corrected chi connectivity index (χ3v) is 5.12. The molecule has 6 heteroatoms.